The van der Waals surface area contributed by atoms with Crippen molar-refractivity contribution in [2.75, 3.05) is 6.61 Å². The van der Waals surface area contributed by atoms with Crippen molar-refractivity contribution < 1.29 is 19.0 Å². The summed E-state index contributed by atoms with van der Waals surface area (Å²) in [4.78, 5) is 18.1. The number of nitrogens with zero attached hydrogens (tertiary/aromatic N) is 2. The van der Waals surface area contributed by atoms with E-state index in [1.54, 1.807) is 18.3 Å². The normalized spacial score (nSPS) is 27.3. The maximum Gasteiger partial charge on any atom is 0.348 e. The van der Waals surface area contributed by atoms with Crippen LogP contribution in [-0.4, -0.2) is 33.7 Å². The Morgan fingerprint density at radius 2 is 1.91 bits per heavy atom. The molecule has 4 heterocycles. The summed E-state index contributed by atoms with van der Waals surface area (Å²) in [6.07, 6.45) is 11.5. The van der Waals surface area contributed by atoms with Crippen molar-refractivity contribution in [3.63, 3.8) is 0 Å². The number of hydrogen-bond acceptors (Lipinski definition) is 5. The van der Waals surface area contributed by atoms with Gasteiger partial charge in [0.15, 0.2) is 0 Å². The van der Waals surface area contributed by atoms with Crippen LogP contribution in [0, 0.1) is 0 Å². The Morgan fingerprint density at radius 3 is 2.56 bits per heavy atom. The number of aromatic nitrogens is 2. The molecule has 2 saturated heterocycles. The number of esters is 1. The van der Waals surface area contributed by atoms with Crippen molar-refractivity contribution in [3.8, 4) is 11.5 Å². The second-order valence-corrected chi connectivity index (χ2v) is 9.84. The van der Waals surface area contributed by atoms with Crippen LogP contribution in [0.2, 0.25) is 0 Å². The molecule has 2 saturated carbocycles. The molecule has 32 heavy (non-hydrogen) atoms. The molecule has 166 valence electrons. The van der Waals surface area contributed by atoms with Crippen molar-refractivity contribution >= 4 is 11.6 Å². The monoisotopic (exact) mass is 432 g/mol. The van der Waals surface area contributed by atoms with Crippen molar-refractivity contribution in [1.29, 1.82) is 0 Å². The van der Waals surface area contributed by atoms with E-state index in [1.807, 2.05) is 28.7 Å². The minimum Gasteiger partial charge on any atom is -0.489 e. The highest BCUT2D eigenvalue weighted by atomic mass is 16.5. The van der Waals surface area contributed by atoms with Gasteiger partial charge in [-0.1, -0.05) is 18.2 Å². The third-order valence-corrected chi connectivity index (χ3v) is 7.58. The van der Waals surface area contributed by atoms with E-state index in [0.29, 0.717) is 23.7 Å². The Kier molecular flexibility index (Phi) is 4.54. The number of para-hydroxylation sites is 1. The Hall–Kier alpha value is -2.86. The van der Waals surface area contributed by atoms with Crippen molar-refractivity contribution in [3.05, 3.63) is 60.0 Å². The van der Waals surface area contributed by atoms with Crippen LogP contribution in [0.3, 0.4) is 0 Å². The van der Waals surface area contributed by atoms with Gasteiger partial charge in [-0.2, -0.15) is 0 Å². The number of carbonyl (C=O) groups is 1. The number of benzene rings is 1. The van der Waals surface area contributed by atoms with Crippen LogP contribution in [0.25, 0.3) is 5.65 Å². The molecular formula is C26H28N2O4. The lowest BCUT2D eigenvalue weighted by Gasteiger charge is -2.51. The number of rotatable bonds is 5. The largest absolute Gasteiger partial charge is 0.489 e. The predicted molar refractivity (Wildman–Crippen MR) is 119 cm³/mol. The molecule has 0 spiro atoms. The van der Waals surface area contributed by atoms with Gasteiger partial charge in [0.1, 0.15) is 22.7 Å². The zero-order valence-electron chi connectivity index (χ0n) is 18.4. The number of pyridine rings is 1. The molecule has 1 aromatic carbocycles. The number of ether oxygens (including phenoxy) is 3. The lowest BCUT2D eigenvalue weighted by atomic mass is 9.65. The highest BCUT2D eigenvalue weighted by Crippen LogP contribution is 2.49. The molecule has 3 aromatic rings. The van der Waals surface area contributed by atoms with Crippen LogP contribution in [-0.2, 0) is 10.2 Å². The summed E-state index contributed by atoms with van der Waals surface area (Å²) < 4.78 is 20.0. The van der Waals surface area contributed by atoms with Crippen molar-refractivity contribution in [2.24, 2.45) is 0 Å². The molecule has 6 nitrogen and oxygen atoms in total. The molecule has 0 amide bonds. The summed E-state index contributed by atoms with van der Waals surface area (Å²) in [7, 11) is 0. The number of imidazole rings is 1. The van der Waals surface area contributed by atoms with E-state index in [4.69, 9.17) is 19.2 Å². The van der Waals surface area contributed by atoms with E-state index in [9.17, 15) is 4.79 Å². The Bertz CT molecular complexity index is 1140. The standard InChI is InChI=1S/C26H28N2O4/c1-25-10-12-26(13-11-25,17-30-25)22-16-28-15-20(24(29)32-19-6-3-2-4-7-19)21(14-23(28)27-22)31-18-8-5-9-18/h2-4,6-7,14-16,18H,5,8-13,17H2,1H3. The third-order valence-electron chi connectivity index (χ3n) is 7.58. The zero-order valence-corrected chi connectivity index (χ0v) is 18.4. The maximum atomic E-state index is 13.1. The fourth-order valence-electron chi connectivity index (χ4n) is 5.03. The summed E-state index contributed by atoms with van der Waals surface area (Å²) in [5.74, 6) is 0.645. The molecule has 2 aliphatic carbocycles. The quantitative estimate of drug-likeness (QED) is 0.415. The van der Waals surface area contributed by atoms with Gasteiger partial charge < -0.3 is 18.6 Å². The number of carbonyl (C=O) groups excluding carboxylic acids is 1. The lowest BCUT2D eigenvalue weighted by molar-refractivity contribution is -0.146. The first-order valence-corrected chi connectivity index (χ1v) is 11.6. The average Bonchev–Trinajstić information content (AvgIpc) is 3.21. The molecule has 6 heteroatoms. The summed E-state index contributed by atoms with van der Waals surface area (Å²) in [6, 6.07) is 11.0. The SMILES string of the molecule is CC12CCC(c3cn4cc(C(=O)Oc5ccccc5)c(OC5CCC5)cc4n3)(CC1)CO2. The van der Waals surface area contributed by atoms with Crippen LogP contribution in [0.5, 0.6) is 11.5 Å². The molecule has 2 aromatic heterocycles. The molecule has 4 aliphatic rings. The first-order valence-electron chi connectivity index (χ1n) is 11.6. The first kappa shape index (κ1) is 19.8. The molecule has 2 bridgehead atoms. The van der Waals surface area contributed by atoms with Crippen LogP contribution in [0.1, 0.15) is 67.9 Å². The van der Waals surface area contributed by atoms with Crippen LogP contribution < -0.4 is 9.47 Å². The molecule has 7 rings (SSSR count). The molecule has 0 unspecified atom stereocenters. The van der Waals surface area contributed by atoms with Gasteiger partial charge in [-0.3, -0.25) is 0 Å². The zero-order chi connectivity index (χ0) is 21.8. The topological polar surface area (TPSA) is 62.1 Å². The average molecular weight is 433 g/mol. The van der Waals surface area contributed by atoms with E-state index >= 15 is 0 Å². The van der Waals surface area contributed by atoms with Crippen molar-refractivity contribution in [2.45, 2.75) is 69.0 Å². The number of fused-ring (bicyclic) bond motifs is 4. The maximum absolute atomic E-state index is 13.1. The first-order chi connectivity index (χ1) is 15.5. The van der Waals surface area contributed by atoms with Crippen molar-refractivity contribution in [1.82, 2.24) is 9.38 Å². The van der Waals surface area contributed by atoms with Crippen LogP contribution >= 0.6 is 0 Å². The van der Waals surface area contributed by atoms with Gasteiger partial charge in [0.05, 0.1) is 24.0 Å². The minimum absolute atomic E-state index is 0.0268. The fourth-order valence-corrected chi connectivity index (χ4v) is 5.03. The fraction of sp³-hybridized carbons (Fsp3) is 0.462. The molecule has 0 atom stereocenters. The van der Waals surface area contributed by atoms with Gasteiger partial charge in [-0.05, 0) is 64.0 Å². The highest BCUT2D eigenvalue weighted by Gasteiger charge is 2.49. The van der Waals surface area contributed by atoms with E-state index in [1.165, 1.54) is 0 Å². The van der Waals surface area contributed by atoms with Gasteiger partial charge in [-0.15, -0.1) is 0 Å². The molecular weight excluding hydrogens is 404 g/mol. The predicted octanol–water partition coefficient (Wildman–Crippen LogP) is 5.09. The summed E-state index contributed by atoms with van der Waals surface area (Å²) in [5.41, 5.74) is 2.25. The summed E-state index contributed by atoms with van der Waals surface area (Å²) in [5, 5.41) is 0. The Morgan fingerprint density at radius 1 is 1.12 bits per heavy atom. The third kappa shape index (κ3) is 3.37. The summed E-state index contributed by atoms with van der Waals surface area (Å²) >= 11 is 0. The lowest BCUT2D eigenvalue weighted by Crippen LogP contribution is -2.51. The van der Waals surface area contributed by atoms with Gasteiger partial charge in [-0.25, -0.2) is 9.78 Å². The van der Waals surface area contributed by atoms with Gasteiger partial charge in [0.25, 0.3) is 0 Å². The molecule has 0 N–H and O–H groups in total. The summed E-state index contributed by atoms with van der Waals surface area (Å²) in [6.45, 7) is 2.93. The van der Waals surface area contributed by atoms with Crippen LogP contribution in [0.4, 0.5) is 0 Å². The highest BCUT2D eigenvalue weighted by molar-refractivity contribution is 5.94. The van der Waals surface area contributed by atoms with E-state index in [2.05, 4.69) is 13.1 Å². The Balaban J connectivity index is 1.36. The number of hydrogen-bond donors (Lipinski definition) is 0. The van der Waals surface area contributed by atoms with Gasteiger partial charge >= 0.3 is 5.97 Å². The minimum atomic E-state index is -0.421. The van der Waals surface area contributed by atoms with Crippen LogP contribution in [0.15, 0.2) is 48.8 Å². The second kappa shape index (κ2) is 7.34. The second-order valence-electron chi connectivity index (χ2n) is 9.84. The molecule has 0 radical (unpaired) electrons. The van der Waals surface area contributed by atoms with Gasteiger partial charge in [0, 0.05) is 23.9 Å². The van der Waals surface area contributed by atoms with E-state index in [-0.39, 0.29) is 17.1 Å². The Labute approximate surface area is 187 Å². The smallest absolute Gasteiger partial charge is 0.348 e. The van der Waals surface area contributed by atoms with Gasteiger partial charge in [0.2, 0.25) is 0 Å². The molecule has 4 fully saturated rings. The van der Waals surface area contributed by atoms with E-state index in [0.717, 1.165) is 56.3 Å². The van der Waals surface area contributed by atoms with E-state index < -0.39 is 5.97 Å². The molecule has 2 aliphatic heterocycles.